The van der Waals surface area contributed by atoms with Crippen LogP contribution in [0.1, 0.15) is 20.3 Å². The smallest absolute Gasteiger partial charge is 0.353 e. The summed E-state index contributed by atoms with van der Waals surface area (Å²) in [5.74, 6) is -2.73. The van der Waals surface area contributed by atoms with Gasteiger partial charge >= 0.3 is 5.97 Å². The van der Waals surface area contributed by atoms with Crippen LogP contribution in [0.5, 0.6) is 0 Å². The summed E-state index contributed by atoms with van der Waals surface area (Å²) < 4.78 is 0. The van der Waals surface area contributed by atoms with Crippen LogP contribution < -0.4 is 27.4 Å². The van der Waals surface area contributed by atoms with Gasteiger partial charge in [-0.15, -0.1) is 17.3 Å². The van der Waals surface area contributed by atoms with Crippen molar-refractivity contribution in [1.29, 1.82) is 0 Å². The number of nitrogens with two attached hydrogens (primary N) is 1. The average molecular weight is 552 g/mol. The third kappa shape index (κ3) is 4.70. The van der Waals surface area contributed by atoms with E-state index in [1.165, 1.54) is 28.0 Å². The van der Waals surface area contributed by atoms with Gasteiger partial charge in [-0.2, -0.15) is 5.10 Å². The van der Waals surface area contributed by atoms with E-state index >= 15 is 0 Å². The lowest BCUT2D eigenvalue weighted by Gasteiger charge is -2.47. The zero-order valence-electron chi connectivity index (χ0n) is 21.0. The van der Waals surface area contributed by atoms with E-state index in [0.717, 1.165) is 0 Å². The topological polar surface area (TPSA) is 205 Å². The van der Waals surface area contributed by atoms with Gasteiger partial charge in [0.1, 0.15) is 18.6 Å². The highest BCUT2D eigenvalue weighted by Gasteiger charge is 2.60. The summed E-state index contributed by atoms with van der Waals surface area (Å²) in [6, 6.07) is -1.78. The molecule has 5 heterocycles. The summed E-state index contributed by atoms with van der Waals surface area (Å²) in [5, 5.41) is 31.1. The first-order valence-corrected chi connectivity index (χ1v) is 13.5. The fraction of sp³-hybridized carbons (Fsp3) is 0.682. The molecule has 3 fully saturated rings. The fourth-order valence-corrected chi connectivity index (χ4v) is 7.39. The molecule has 8 N–H and O–H groups in total. The molecule has 2 unspecified atom stereocenters. The number of nitrogens with zero attached hydrogens (tertiary/aromatic N) is 4. The van der Waals surface area contributed by atoms with Gasteiger partial charge in [-0.1, -0.05) is 6.92 Å². The molecule has 0 aromatic rings. The first-order chi connectivity index (χ1) is 18.1. The first kappa shape index (κ1) is 26.7. The van der Waals surface area contributed by atoms with Crippen molar-refractivity contribution in [3.63, 3.8) is 0 Å². The van der Waals surface area contributed by atoms with Crippen LogP contribution in [0.15, 0.2) is 15.7 Å². The van der Waals surface area contributed by atoms with Crippen molar-refractivity contribution in [1.82, 2.24) is 36.5 Å². The van der Waals surface area contributed by atoms with Crippen LogP contribution >= 0.6 is 11.8 Å². The van der Waals surface area contributed by atoms with Crippen LogP contribution in [0.3, 0.4) is 0 Å². The maximum atomic E-state index is 13.1. The van der Waals surface area contributed by atoms with Gasteiger partial charge in [0.2, 0.25) is 17.7 Å². The van der Waals surface area contributed by atoms with Gasteiger partial charge in [-0.3, -0.25) is 19.4 Å². The molecule has 38 heavy (non-hydrogen) atoms. The molecule has 0 radical (unpaired) electrons. The first-order valence-electron chi connectivity index (χ1n) is 12.6. The van der Waals surface area contributed by atoms with E-state index in [1.807, 2.05) is 6.92 Å². The molecule has 0 aliphatic carbocycles. The van der Waals surface area contributed by atoms with Crippen molar-refractivity contribution in [2.45, 2.75) is 55.8 Å². The molecular weight excluding hydrogens is 518 g/mol. The Bertz CT molecular complexity index is 1080. The molecule has 3 amide bonds. The predicted octanol–water partition coefficient (Wildman–Crippen LogP) is -3.47. The number of β-lactam (4-membered cyclic amide) rings is 1. The highest BCUT2D eigenvalue weighted by Crippen LogP contribution is 2.51. The molecule has 15 nitrogen and oxygen atoms in total. The number of aliphatic carboxylic acids is 1. The number of hydrazone groups is 1. The third-order valence-corrected chi connectivity index (χ3v) is 9.33. The summed E-state index contributed by atoms with van der Waals surface area (Å²) in [4.78, 5) is 54.2. The largest absolute Gasteiger partial charge is 0.477 e. The quantitative estimate of drug-likeness (QED) is 0.147. The van der Waals surface area contributed by atoms with Crippen molar-refractivity contribution in [2.75, 3.05) is 26.2 Å². The van der Waals surface area contributed by atoms with Crippen molar-refractivity contribution < 1.29 is 29.4 Å². The number of thioether (sulfide) groups is 1. The van der Waals surface area contributed by atoms with Crippen molar-refractivity contribution >= 4 is 41.8 Å². The van der Waals surface area contributed by atoms with E-state index < -0.39 is 36.1 Å². The van der Waals surface area contributed by atoms with Crippen LogP contribution in [0.4, 0.5) is 0 Å². The number of amides is 3. The zero-order chi connectivity index (χ0) is 27.3. The molecular formula is C22H33N9O6S. The van der Waals surface area contributed by atoms with E-state index in [0.29, 0.717) is 24.4 Å². The lowest BCUT2D eigenvalue weighted by atomic mass is 9.78. The number of fused-ring (bicyclic) bond motifs is 1. The molecule has 0 aromatic heterocycles. The van der Waals surface area contributed by atoms with Gasteiger partial charge in [0, 0.05) is 47.8 Å². The monoisotopic (exact) mass is 551 g/mol. The number of nitrogens with one attached hydrogen (secondary N) is 4. The second-order valence-corrected chi connectivity index (χ2v) is 11.7. The van der Waals surface area contributed by atoms with Gasteiger partial charge in [0.05, 0.1) is 24.1 Å². The molecule has 208 valence electrons. The van der Waals surface area contributed by atoms with Gasteiger partial charge in [-0.25, -0.2) is 10.3 Å². The number of likely N-dealkylation sites (tertiary alicyclic amines) is 1. The number of aliphatic hydroxyl groups is 1. The van der Waals surface area contributed by atoms with E-state index in [-0.39, 0.29) is 53.7 Å². The third-order valence-electron chi connectivity index (χ3n) is 7.81. The van der Waals surface area contributed by atoms with Crippen LogP contribution in [0.25, 0.3) is 0 Å². The van der Waals surface area contributed by atoms with Gasteiger partial charge in [0.15, 0.2) is 0 Å². The van der Waals surface area contributed by atoms with Gasteiger partial charge < -0.3 is 36.4 Å². The van der Waals surface area contributed by atoms with Crippen LogP contribution in [0.2, 0.25) is 0 Å². The maximum absolute atomic E-state index is 13.1. The number of aliphatic hydroxyl groups excluding tert-OH is 1. The number of hydrazine groups is 2. The van der Waals surface area contributed by atoms with Crippen molar-refractivity contribution in [2.24, 2.45) is 22.7 Å². The molecule has 0 aromatic carbocycles. The molecule has 0 saturated carbocycles. The number of rotatable bonds is 8. The predicted molar refractivity (Wildman–Crippen MR) is 135 cm³/mol. The average Bonchev–Trinajstić information content (AvgIpc) is 3.63. The normalized spacial score (nSPS) is 34.9. The Morgan fingerprint density at radius 1 is 1.34 bits per heavy atom. The Hall–Kier alpha value is -2.92. The van der Waals surface area contributed by atoms with Gasteiger partial charge in [0.25, 0.3) is 0 Å². The zero-order valence-corrected chi connectivity index (χ0v) is 21.9. The Labute approximate surface area is 223 Å². The van der Waals surface area contributed by atoms with E-state index in [2.05, 4.69) is 26.8 Å². The number of hydrogen-bond acceptors (Lipinski definition) is 12. The fourth-order valence-electron chi connectivity index (χ4n) is 5.91. The van der Waals surface area contributed by atoms with E-state index in [9.17, 15) is 29.4 Å². The molecule has 0 spiro atoms. The Kier molecular flexibility index (Phi) is 7.25. The number of β-amino-alcohol motifs (C(OH)–C–C–N with tert-alkyl or cyclic N) is 1. The molecule has 3 saturated heterocycles. The van der Waals surface area contributed by atoms with E-state index in [4.69, 9.17) is 5.73 Å². The SMILES string of the molecule is C[C@@H](NC(=O)CN1C=NNN1)[C@H]1C(=O)N2C(C(=O)O)=C(SC3CNC(C(=O)N4C[C@H](N)[C@@H](O)C4)C3)[C@H](C)[C@H]12. The van der Waals surface area contributed by atoms with Crippen molar-refractivity contribution in [3.05, 3.63) is 10.6 Å². The second kappa shape index (κ2) is 10.3. The minimum Gasteiger partial charge on any atom is -0.477 e. The Morgan fingerprint density at radius 2 is 2.11 bits per heavy atom. The molecule has 16 heteroatoms. The second-order valence-electron chi connectivity index (χ2n) is 10.4. The number of carboxylic acid groups (broad SMARTS) is 1. The summed E-state index contributed by atoms with van der Waals surface area (Å²) in [7, 11) is 0. The Morgan fingerprint density at radius 3 is 2.74 bits per heavy atom. The molecule has 0 bridgehead atoms. The van der Waals surface area contributed by atoms with Gasteiger partial charge in [-0.05, 0) is 13.3 Å². The summed E-state index contributed by atoms with van der Waals surface area (Å²) >= 11 is 1.40. The lowest BCUT2D eigenvalue weighted by molar-refractivity contribution is -0.158. The van der Waals surface area contributed by atoms with Crippen LogP contribution in [-0.4, -0.2) is 117 Å². The lowest BCUT2D eigenvalue weighted by Crippen LogP contribution is -2.66. The molecule has 5 aliphatic heterocycles. The summed E-state index contributed by atoms with van der Waals surface area (Å²) in [6.45, 7) is 4.65. The maximum Gasteiger partial charge on any atom is 0.353 e. The summed E-state index contributed by atoms with van der Waals surface area (Å²) in [6.07, 6.45) is 1.18. The number of carbonyl (C=O) groups excluding carboxylic acids is 3. The standard InChI is InChI=1S/C22H33N9O6S/c1-9-17-16(10(2)26-15(33)7-30-8-25-27-28-30)21(35)31(17)18(22(36)37)19(9)38-11-3-13(24-4-11)20(34)29-5-12(23)14(32)6-29/h8-14,16-17,24,27-28,32H,3-7,23H2,1-2H3,(H,26,33)(H,36,37)/t9-,10-,11?,12+,13?,14+,16-,17-/m1/s1. The van der Waals surface area contributed by atoms with Crippen LogP contribution in [-0.2, 0) is 19.2 Å². The minimum absolute atomic E-state index is 0.0116. The number of hydrogen-bond donors (Lipinski definition) is 7. The molecule has 5 aliphatic rings. The highest BCUT2D eigenvalue weighted by molar-refractivity contribution is 8.03. The molecule has 5 rings (SSSR count). The number of carbonyl (C=O) groups is 4. The Balaban J connectivity index is 1.22. The number of carboxylic acids is 1. The highest BCUT2D eigenvalue weighted by atomic mass is 32.2. The minimum atomic E-state index is -1.17. The van der Waals surface area contributed by atoms with Crippen LogP contribution in [0, 0.1) is 11.8 Å². The molecule has 8 atom stereocenters. The van der Waals surface area contributed by atoms with E-state index in [1.54, 1.807) is 11.8 Å². The van der Waals surface area contributed by atoms with Crippen molar-refractivity contribution in [3.8, 4) is 0 Å². The summed E-state index contributed by atoms with van der Waals surface area (Å²) in [5.41, 5.74) is 11.0.